The van der Waals surface area contributed by atoms with Gasteiger partial charge in [0.1, 0.15) is 0 Å². The lowest BCUT2D eigenvalue weighted by Gasteiger charge is -2.19. The Balaban J connectivity index is 2.81. The lowest BCUT2D eigenvalue weighted by molar-refractivity contribution is 0.391. The molecular weight excluding hydrogens is 228 g/mol. The van der Waals surface area contributed by atoms with Crippen LogP contribution in [-0.2, 0) is 6.54 Å². The molecule has 0 bridgehead atoms. The van der Waals surface area contributed by atoms with E-state index >= 15 is 0 Å². The third-order valence-electron chi connectivity index (χ3n) is 2.50. The fraction of sp³-hybridized carbons (Fsp3) is 0.692. The first-order chi connectivity index (χ1) is 8.40. The highest BCUT2D eigenvalue weighted by Crippen LogP contribution is 2.00. The molecular formula is C13H24N4O. The summed E-state index contributed by atoms with van der Waals surface area (Å²) in [4.78, 5) is 18.4. The maximum absolute atomic E-state index is 12.2. The molecule has 1 rings (SSSR count). The number of rotatable bonds is 6. The van der Waals surface area contributed by atoms with Crippen LogP contribution in [0.3, 0.4) is 0 Å². The number of nitrogens with one attached hydrogen (secondary N) is 1. The van der Waals surface area contributed by atoms with Crippen LogP contribution in [0, 0.1) is 5.92 Å². The van der Waals surface area contributed by atoms with Gasteiger partial charge in [-0.3, -0.25) is 4.79 Å². The van der Waals surface area contributed by atoms with Crippen molar-refractivity contribution in [3.8, 4) is 0 Å². The summed E-state index contributed by atoms with van der Waals surface area (Å²) in [5, 5.41) is 3.17. The molecule has 0 saturated carbocycles. The van der Waals surface area contributed by atoms with E-state index in [9.17, 15) is 4.79 Å². The van der Waals surface area contributed by atoms with Crippen molar-refractivity contribution in [3.63, 3.8) is 0 Å². The topological polar surface area (TPSA) is 50.2 Å². The lowest BCUT2D eigenvalue weighted by atomic mass is 10.2. The fourth-order valence-electron chi connectivity index (χ4n) is 1.91. The smallest absolute Gasteiger partial charge is 0.293 e. The van der Waals surface area contributed by atoms with E-state index in [4.69, 9.17) is 0 Å². The Hall–Kier alpha value is -1.36. The Morgan fingerprint density at radius 2 is 2.06 bits per heavy atom. The Kier molecular flexibility index (Phi) is 5.34. The zero-order valence-corrected chi connectivity index (χ0v) is 12.0. The Morgan fingerprint density at radius 1 is 1.39 bits per heavy atom. The molecule has 0 radical (unpaired) electrons. The Morgan fingerprint density at radius 3 is 2.61 bits per heavy atom. The highest BCUT2D eigenvalue weighted by Gasteiger charge is 2.09. The minimum Gasteiger partial charge on any atom is -0.362 e. The van der Waals surface area contributed by atoms with Crippen molar-refractivity contribution < 1.29 is 0 Å². The first-order valence-electron chi connectivity index (χ1n) is 6.37. The predicted octanol–water partition coefficient (Wildman–Crippen LogP) is 1.26. The van der Waals surface area contributed by atoms with Gasteiger partial charge in [-0.15, -0.1) is 0 Å². The predicted molar refractivity (Wildman–Crippen MR) is 75.0 cm³/mol. The van der Waals surface area contributed by atoms with Gasteiger partial charge in [-0.05, 0) is 26.9 Å². The molecule has 1 aromatic heterocycles. The zero-order chi connectivity index (χ0) is 13.7. The second-order valence-corrected chi connectivity index (χ2v) is 5.43. The van der Waals surface area contributed by atoms with E-state index in [0.29, 0.717) is 11.7 Å². The lowest BCUT2D eigenvalue weighted by Crippen LogP contribution is -2.34. The monoisotopic (exact) mass is 252 g/mol. The molecule has 1 atom stereocenters. The fourth-order valence-corrected chi connectivity index (χ4v) is 1.91. The third-order valence-corrected chi connectivity index (χ3v) is 2.50. The second kappa shape index (κ2) is 6.54. The van der Waals surface area contributed by atoms with Crippen LogP contribution < -0.4 is 10.9 Å². The van der Waals surface area contributed by atoms with Gasteiger partial charge in [0, 0.05) is 31.5 Å². The highest BCUT2D eigenvalue weighted by atomic mass is 16.1. The molecule has 1 heterocycles. The summed E-state index contributed by atoms with van der Waals surface area (Å²) >= 11 is 0. The van der Waals surface area contributed by atoms with Gasteiger partial charge in [0.15, 0.2) is 5.82 Å². The summed E-state index contributed by atoms with van der Waals surface area (Å²) in [7, 11) is 4.02. The quantitative estimate of drug-likeness (QED) is 0.828. The van der Waals surface area contributed by atoms with E-state index in [2.05, 4.69) is 29.0 Å². The van der Waals surface area contributed by atoms with Crippen LogP contribution in [0.5, 0.6) is 0 Å². The molecule has 0 aliphatic heterocycles. The minimum atomic E-state index is -0.0446. The summed E-state index contributed by atoms with van der Waals surface area (Å²) in [5.74, 6) is 0.879. The normalized spacial score (nSPS) is 13.1. The van der Waals surface area contributed by atoms with Gasteiger partial charge in [-0.1, -0.05) is 13.8 Å². The summed E-state index contributed by atoms with van der Waals surface area (Å²) < 4.78 is 1.71. The van der Waals surface area contributed by atoms with E-state index in [1.807, 2.05) is 21.0 Å². The molecule has 0 aliphatic rings. The van der Waals surface area contributed by atoms with Crippen LogP contribution in [0.2, 0.25) is 0 Å². The zero-order valence-electron chi connectivity index (χ0n) is 12.0. The van der Waals surface area contributed by atoms with Crippen molar-refractivity contribution in [3.05, 3.63) is 22.7 Å². The maximum Gasteiger partial charge on any atom is 0.293 e. The molecule has 1 aromatic rings. The van der Waals surface area contributed by atoms with E-state index < -0.39 is 0 Å². The van der Waals surface area contributed by atoms with Crippen LogP contribution in [0.4, 0.5) is 5.82 Å². The third kappa shape index (κ3) is 4.49. The van der Waals surface area contributed by atoms with E-state index in [1.165, 1.54) is 0 Å². The summed E-state index contributed by atoms with van der Waals surface area (Å²) in [6, 6.07) is 0.190. The molecule has 0 saturated heterocycles. The van der Waals surface area contributed by atoms with Crippen molar-refractivity contribution in [2.45, 2.75) is 33.4 Å². The molecule has 0 aromatic carbocycles. The van der Waals surface area contributed by atoms with Crippen molar-refractivity contribution in [2.24, 2.45) is 5.92 Å². The number of likely N-dealkylation sites (N-methyl/N-ethyl adjacent to an activating group) is 1. The van der Waals surface area contributed by atoms with Crippen molar-refractivity contribution >= 4 is 5.82 Å². The van der Waals surface area contributed by atoms with Gasteiger partial charge < -0.3 is 14.8 Å². The van der Waals surface area contributed by atoms with Gasteiger partial charge in [0.05, 0.1) is 0 Å². The van der Waals surface area contributed by atoms with Crippen LogP contribution in [0.1, 0.15) is 20.8 Å². The number of hydrogen-bond acceptors (Lipinski definition) is 4. The maximum atomic E-state index is 12.2. The number of hydrogen-bond donors (Lipinski definition) is 1. The molecule has 0 fully saturated rings. The molecule has 1 unspecified atom stereocenters. The molecule has 5 nitrogen and oxygen atoms in total. The summed E-state index contributed by atoms with van der Waals surface area (Å²) in [5.41, 5.74) is -0.0446. The van der Waals surface area contributed by atoms with Crippen molar-refractivity contribution in [2.75, 3.05) is 26.0 Å². The number of anilines is 1. The summed E-state index contributed by atoms with van der Waals surface area (Å²) in [6.07, 6.45) is 3.42. The van der Waals surface area contributed by atoms with Crippen LogP contribution in [0.25, 0.3) is 0 Å². The summed E-state index contributed by atoms with van der Waals surface area (Å²) in [6.45, 7) is 7.81. The molecule has 5 heteroatoms. The number of aromatic nitrogens is 2. The Labute approximate surface area is 109 Å². The van der Waals surface area contributed by atoms with Crippen LogP contribution in [0.15, 0.2) is 17.2 Å². The first kappa shape index (κ1) is 14.7. The van der Waals surface area contributed by atoms with E-state index in [-0.39, 0.29) is 11.6 Å². The molecule has 0 aliphatic carbocycles. The van der Waals surface area contributed by atoms with Gasteiger partial charge in [0.25, 0.3) is 5.56 Å². The minimum absolute atomic E-state index is 0.0446. The molecule has 18 heavy (non-hydrogen) atoms. The van der Waals surface area contributed by atoms with Gasteiger partial charge in [-0.25, -0.2) is 4.98 Å². The van der Waals surface area contributed by atoms with Crippen LogP contribution in [-0.4, -0.2) is 41.1 Å². The van der Waals surface area contributed by atoms with Crippen molar-refractivity contribution in [1.29, 1.82) is 0 Å². The van der Waals surface area contributed by atoms with Gasteiger partial charge >= 0.3 is 0 Å². The highest BCUT2D eigenvalue weighted by molar-refractivity contribution is 5.32. The molecule has 102 valence electrons. The van der Waals surface area contributed by atoms with E-state index in [1.54, 1.807) is 17.0 Å². The first-order valence-corrected chi connectivity index (χ1v) is 6.37. The average Bonchev–Trinajstić information content (AvgIpc) is 2.22. The van der Waals surface area contributed by atoms with Gasteiger partial charge in [0.2, 0.25) is 0 Å². The van der Waals surface area contributed by atoms with Crippen molar-refractivity contribution in [1.82, 2.24) is 14.5 Å². The van der Waals surface area contributed by atoms with Gasteiger partial charge in [-0.2, -0.15) is 0 Å². The van der Waals surface area contributed by atoms with E-state index in [0.717, 1.165) is 13.1 Å². The molecule has 0 amide bonds. The average molecular weight is 252 g/mol. The largest absolute Gasteiger partial charge is 0.362 e. The Bertz CT molecular complexity index is 425. The second-order valence-electron chi connectivity index (χ2n) is 5.43. The number of nitrogens with zero attached hydrogens (tertiary/aromatic N) is 3. The standard InChI is InChI=1S/C13H24N4O/c1-10(2)8-17-7-6-14-12(13(17)18)15-11(3)9-16(4)5/h6-7,10-11H,8-9H2,1-5H3,(H,14,15). The molecule has 1 N–H and O–H groups in total. The SMILES string of the molecule is CC(C)Cn1ccnc(NC(C)CN(C)C)c1=O. The van der Waals surface area contributed by atoms with Crippen LogP contribution >= 0.6 is 0 Å². The molecule has 0 spiro atoms.